The summed E-state index contributed by atoms with van der Waals surface area (Å²) in [6.45, 7) is 7.52. The van der Waals surface area contributed by atoms with Crippen molar-refractivity contribution in [1.82, 2.24) is 31.9 Å². The molecule has 15 nitrogen and oxygen atoms in total. The summed E-state index contributed by atoms with van der Waals surface area (Å²) in [5.74, 6) is 1.17. The molecule has 0 spiro atoms. The normalized spacial score (nSPS) is 36.7. The molecule has 12 fully saturated rings. The van der Waals surface area contributed by atoms with E-state index < -0.39 is 44.9 Å². The summed E-state index contributed by atoms with van der Waals surface area (Å²) < 4.78 is 11.7. The maximum absolute atomic E-state index is 16.4. The van der Waals surface area contributed by atoms with Crippen molar-refractivity contribution in [3.63, 3.8) is 0 Å². The highest BCUT2D eigenvalue weighted by molar-refractivity contribution is 6.03. The Morgan fingerprint density at radius 1 is 0.317 bits per heavy atom. The zero-order valence-corrected chi connectivity index (χ0v) is 50.8. The van der Waals surface area contributed by atoms with E-state index in [1.807, 2.05) is 27.7 Å². The first kappa shape index (κ1) is 58.5. The highest BCUT2D eigenvalue weighted by Gasteiger charge is 2.64. The molecule has 0 aromatic rings. The number of amides is 6. The molecule has 12 aliphatic rings. The quantitative estimate of drug-likeness (QED) is 0.0968. The molecule has 12 saturated carbocycles. The van der Waals surface area contributed by atoms with E-state index in [0.29, 0.717) is 88.9 Å². The molecule has 6 N–H and O–H groups in total. The first-order valence-corrected chi connectivity index (χ1v) is 34.1. The lowest BCUT2D eigenvalue weighted by atomic mass is 9.82. The predicted molar refractivity (Wildman–Crippen MR) is 311 cm³/mol. The van der Waals surface area contributed by atoms with Crippen molar-refractivity contribution in [3.8, 4) is 0 Å². The summed E-state index contributed by atoms with van der Waals surface area (Å²) in [7, 11) is 0. The molecule has 456 valence electrons. The van der Waals surface area contributed by atoms with Gasteiger partial charge in [-0.15, -0.1) is 0 Å². The first-order chi connectivity index (χ1) is 39.3. The highest BCUT2D eigenvalue weighted by Crippen LogP contribution is 2.56. The second-order valence-corrected chi connectivity index (χ2v) is 31.4. The molecule has 0 unspecified atom stereocenters. The van der Waals surface area contributed by atoms with Crippen molar-refractivity contribution < 1.29 is 43.0 Å². The molecule has 0 heterocycles. The number of alkyl carbamates (subject to hydrolysis) is 1. The van der Waals surface area contributed by atoms with Gasteiger partial charge in [-0.3, -0.25) is 24.0 Å². The Balaban J connectivity index is 0.867. The van der Waals surface area contributed by atoms with E-state index in [2.05, 4.69) is 31.9 Å². The molecule has 0 bridgehead atoms. The van der Waals surface area contributed by atoms with Gasteiger partial charge in [-0.1, -0.05) is 154 Å². The van der Waals surface area contributed by atoms with E-state index in [9.17, 15) is 9.59 Å². The number of rotatable bonds is 13. The summed E-state index contributed by atoms with van der Waals surface area (Å²) in [4.78, 5) is 108. The van der Waals surface area contributed by atoms with Gasteiger partial charge < -0.3 is 41.4 Å². The van der Waals surface area contributed by atoms with Crippen molar-refractivity contribution in [2.45, 2.75) is 298 Å². The summed E-state index contributed by atoms with van der Waals surface area (Å²) in [6, 6.07) is 0. The van der Waals surface area contributed by atoms with E-state index in [1.165, 1.54) is 0 Å². The number of esters is 1. The van der Waals surface area contributed by atoms with Crippen molar-refractivity contribution in [1.29, 1.82) is 0 Å². The van der Waals surface area contributed by atoms with Crippen LogP contribution in [0.1, 0.15) is 259 Å². The number of hydrogen-bond acceptors (Lipinski definition) is 9. The van der Waals surface area contributed by atoms with E-state index >= 15 is 24.0 Å². The van der Waals surface area contributed by atoms with Gasteiger partial charge in [0.15, 0.2) is 0 Å². The standard InChI is InChI=1S/C67H104N6O9/c1-5-81-59(79)67(40-52-28-16-17-29-53(52)41-67)72-57(77)65(36-48-24-12-13-25-49(48)37-65)70-55(75)63(32-44-20-8-9-21-45(44)33-63)68-54(74)62(30-42-18-6-7-19-43(42)31-62)69-56(76)64(34-46-22-10-11-23-47(46)35-64)71-58(78)66(73-60(80)82-61(2,3)4)38-50-26-14-15-27-51(50)39-66/h42-53H,5-41H2,1-4H3,(H,68,74)(H,69,76)(H,70,75)(H,71,78)(H,72,77)(H,73,80)/t42-,43-,44-,45-,46-,47-,48-,49-,50-,51-,52-,53-/m1/s1. The van der Waals surface area contributed by atoms with Crippen LogP contribution in [0.25, 0.3) is 0 Å². The van der Waals surface area contributed by atoms with Gasteiger partial charge in [-0.2, -0.15) is 0 Å². The van der Waals surface area contributed by atoms with Crippen LogP contribution < -0.4 is 31.9 Å². The minimum Gasteiger partial charge on any atom is -0.464 e. The number of hydrogen-bond donors (Lipinski definition) is 6. The van der Waals surface area contributed by atoms with Gasteiger partial charge in [0.1, 0.15) is 38.8 Å². The lowest BCUT2D eigenvalue weighted by Gasteiger charge is -2.42. The number of ether oxygens (including phenoxy) is 2. The molecular weight excluding hydrogens is 1030 g/mol. The van der Waals surface area contributed by atoms with Crippen LogP contribution in [0.15, 0.2) is 0 Å². The van der Waals surface area contributed by atoms with Gasteiger partial charge in [0.25, 0.3) is 0 Å². The molecule has 15 heteroatoms. The topological polar surface area (TPSA) is 210 Å². The number of fused-ring (bicyclic) bond motifs is 6. The molecule has 0 aromatic carbocycles. The summed E-state index contributed by atoms with van der Waals surface area (Å²) in [6.07, 6.45) is 30.1. The number of carbonyl (C=O) groups is 7. The van der Waals surface area contributed by atoms with E-state index in [4.69, 9.17) is 9.47 Å². The van der Waals surface area contributed by atoms with E-state index in [0.717, 1.165) is 154 Å². The van der Waals surface area contributed by atoms with Gasteiger partial charge in [0.05, 0.1) is 6.61 Å². The van der Waals surface area contributed by atoms with Crippen LogP contribution in [0.4, 0.5) is 4.79 Å². The largest absolute Gasteiger partial charge is 0.464 e. The van der Waals surface area contributed by atoms with Crippen LogP contribution >= 0.6 is 0 Å². The molecule has 0 saturated heterocycles. The molecule has 12 rings (SSSR count). The Kier molecular flexibility index (Phi) is 16.2. The minimum atomic E-state index is -1.35. The Bertz CT molecular complexity index is 2370. The van der Waals surface area contributed by atoms with Crippen molar-refractivity contribution in [2.24, 2.45) is 71.0 Å². The van der Waals surface area contributed by atoms with E-state index in [1.54, 1.807) is 0 Å². The van der Waals surface area contributed by atoms with Crippen molar-refractivity contribution >= 4 is 41.6 Å². The lowest BCUT2D eigenvalue weighted by Crippen LogP contribution is -2.72. The Morgan fingerprint density at radius 3 is 0.695 bits per heavy atom. The molecule has 6 amide bonds. The molecule has 0 radical (unpaired) electrons. The van der Waals surface area contributed by atoms with Gasteiger partial charge in [-0.05, 0) is 176 Å². The third-order valence-electron chi connectivity index (χ3n) is 25.1. The molecule has 12 atom stereocenters. The van der Waals surface area contributed by atoms with Gasteiger partial charge in [0, 0.05) is 0 Å². The third-order valence-corrected chi connectivity index (χ3v) is 25.1. The fourth-order valence-electron chi connectivity index (χ4n) is 21.3. The van der Waals surface area contributed by atoms with Crippen LogP contribution in [0.5, 0.6) is 0 Å². The van der Waals surface area contributed by atoms with Crippen molar-refractivity contribution in [3.05, 3.63) is 0 Å². The van der Waals surface area contributed by atoms with Crippen LogP contribution in [0, 0.1) is 71.0 Å². The third kappa shape index (κ3) is 11.2. The smallest absolute Gasteiger partial charge is 0.408 e. The van der Waals surface area contributed by atoms with Crippen LogP contribution in [0.2, 0.25) is 0 Å². The van der Waals surface area contributed by atoms with Crippen molar-refractivity contribution in [2.75, 3.05) is 6.61 Å². The molecule has 0 aromatic heterocycles. The maximum atomic E-state index is 16.4. The molecular formula is C67H104N6O9. The average Bonchev–Trinajstić information content (AvgIpc) is 4.42. The Morgan fingerprint density at radius 2 is 0.500 bits per heavy atom. The second-order valence-electron chi connectivity index (χ2n) is 31.4. The molecule has 82 heavy (non-hydrogen) atoms. The Hall–Kier alpha value is -3.91. The monoisotopic (exact) mass is 1140 g/mol. The van der Waals surface area contributed by atoms with Gasteiger partial charge in [-0.25, -0.2) is 9.59 Å². The van der Waals surface area contributed by atoms with Crippen LogP contribution in [0.3, 0.4) is 0 Å². The SMILES string of the molecule is CCOC(=O)C1(NC(=O)C2(NC(=O)C3(NC(=O)C4(NC(=O)C5(NC(=O)C6(NC(=O)OC(C)(C)C)C[C@H]7CCCC[C@@H]7C6)C[C@H]6CCCC[C@@H]6C5)C[C@H]5CCCC[C@@H]5C4)C[C@H]4CCCC[C@@H]4C3)C[C@H]3CCCC[C@@H]3C2)C[C@H]2CCCC[C@@H]2C1. The molecule has 12 aliphatic carbocycles. The van der Waals surface area contributed by atoms with Gasteiger partial charge >= 0.3 is 12.1 Å². The fraction of sp³-hybridized carbons (Fsp3) is 0.896. The highest BCUT2D eigenvalue weighted by atomic mass is 16.6. The maximum Gasteiger partial charge on any atom is 0.408 e. The number of carbonyl (C=O) groups excluding carboxylic acids is 7. The van der Waals surface area contributed by atoms with E-state index in [-0.39, 0.29) is 101 Å². The average molecular weight is 1140 g/mol. The lowest BCUT2D eigenvalue weighted by molar-refractivity contribution is -0.154. The summed E-state index contributed by atoms with van der Waals surface area (Å²) in [5, 5.41) is 20.7. The predicted octanol–water partition coefficient (Wildman–Crippen LogP) is 10.7. The Labute approximate surface area is 489 Å². The minimum absolute atomic E-state index is 0.218. The van der Waals surface area contributed by atoms with Crippen LogP contribution in [-0.2, 0) is 38.2 Å². The van der Waals surface area contributed by atoms with Crippen LogP contribution in [-0.4, -0.2) is 87.0 Å². The summed E-state index contributed by atoms with van der Waals surface area (Å²) >= 11 is 0. The molecule has 0 aliphatic heterocycles. The first-order valence-electron chi connectivity index (χ1n) is 34.1. The zero-order chi connectivity index (χ0) is 57.3. The number of nitrogens with one attached hydrogen (secondary N) is 6. The summed E-state index contributed by atoms with van der Waals surface area (Å²) in [5.41, 5.74) is -8.46. The second kappa shape index (κ2) is 22.7. The van der Waals surface area contributed by atoms with Gasteiger partial charge in [0.2, 0.25) is 29.5 Å². The zero-order valence-electron chi connectivity index (χ0n) is 50.8. The fourth-order valence-corrected chi connectivity index (χ4v) is 21.3.